The van der Waals surface area contributed by atoms with Crippen molar-refractivity contribution in [1.82, 2.24) is 0 Å². The van der Waals surface area contributed by atoms with E-state index < -0.39 is 5.82 Å². The zero-order valence-corrected chi connectivity index (χ0v) is 19.0. The monoisotopic (exact) mass is 489 g/mol. The van der Waals surface area contributed by atoms with Crippen LogP contribution in [0.15, 0.2) is 71.6 Å². The van der Waals surface area contributed by atoms with Crippen LogP contribution in [0.5, 0.6) is 5.75 Å². The maximum Gasteiger partial charge on any atom is 0.270 e. The van der Waals surface area contributed by atoms with Crippen molar-refractivity contribution in [1.29, 1.82) is 0 Å². The van der Waals surface area contributed by atoms with Crippen LogP contribution in [0.25, 0.3) is 6.08 Å². The van der Waals surface area contributed by atoms with Gasteiger partial charge in [-0.1, -0.05) is 65.4 Å². The van der Waals surface area contributed by atoms with E-state index in [1.165, 1.54) is 22.7 Å². The molecule has 0 spiro atoms. The van der Waals surface area contributed by atoms with Gasteiger partial charge in [-0.2, -0.15) is 0 Å². The number of ether oxygens (including phenoxy) is 1. The number of hydrogen-bond donors (Lipinski definition) is 0. The summed E-state index contributed by atoms with van der Waals surface area (Å²) < 4.78 is 20.1. The zero-order chi connectivity index (χ0) is 22.0. The topological polar surface area (TPSA) is 29.5 Å². The first kappa shape index (κ1) is 21.8. The van der Waals surface area contributed by atoms with E-state index >= 15 is 0 Å². The molecule has 1 fully saturated rings. The molecule has 8 heteroatoms. The van der Waals surface area contributed by atoms with Crippen molar-refractivity contribution in [2.45, 2.75) is 6.61 Å². The summed E-state index contributed by atoms with van der Waals surface area (Å²) in [6, 6.07) is 18.6. The molecule has 0 N–H and O–H groups in total. The first-order chi connectivity index (χ1) is 14.9. The smallest absolute Gasteiger partial charge is 0.270 e. The number of thiocarbonyl (C=S) groups is 1. The predicted molar refractivity (Wildman–Crippen MR) is 129 cm³/mol. The van der Waals surface area contributed by atoms with Gasteiger partial charge in [0.05, 0.1) is 15.6 Å². The Bertz CT molecular complexity index is 1180. The second-order valence-corrected chi connectivity index (χ2v) is 9.07. The lowest BCUT2D eigenvalue weighted by molar-refractivity contribution is -0.113. The minimum absolute atomic E-state index is 0.00631. The molecule has 0 aliphatic carbocycles. The highest BCUT2D eigenvalue weighted by molar-refractivity contribution is 8.27. The molecule has 0 unspecified atom stereocenters. The van der Waals surface area contributed by atoms with Crippen molar-refractivity contribution in [3.63, 3.8) is 0 Å². The number of thioether (sulfide) groups is 1. The fourth-order valence-corrected chi connectivity index (χ4v) is 4.59. The van der Waals surface area contributed by atoms with E-state index in [9.17, 15) is 9.18 Å². The lowest BCUT2D eigenvalue weighted by Gasteiger charge is -2.14. The summed E-state index contributed by atoms with van der Waals surface area (Å²) >= 11 is 18.6. The van der Waals surface area contributed by atoms with Gasteiger partial charge in [0.1, 0.15) is 18.2 Å². The van der Waals surface area contributed by atoms with Crippen molar-refractivity contribution in [2.75, 3.05) is 4.90 Å². The van der Waals surface area contributed by atoms with Crippen LogP contribution < -0.4 is 9.64 Å². The molecule has 1 amide bonds. The maximum absolute atomic E-state index is 13.9. The molecule has 3 aromatic carbocycles. The fraction of sp³-hybridized carbons (Fsp3) is 0.0435. The molecule has 0 saturated carbocycles. The molecular weight excluding hydrogens is 476 g/mol. The van der Waals surface area contributed by atoms with Gasteiger partial charge in [0.2, 0.25) is 0 Å². The first-order valence-electron chi connectivity index (χ1n) is 9.11. The van der Waals surface area contributed by atoms with Gasteiger partial charge >= 0.3 is 0 Å². The van der Waals surface area contributed by atoms with Gasteiger partial charge in [-0.25, -0.2) is 4.39 Å². The number of carbonyl (C=O) groups is 1. The predicted octanol–water partition coefficient (Wildman–Crippen LogP) is 7.12. The van der Waals surface area contributed by atoms with E-state index in [0.717, 1.165) is 5.56 Å². The van der Waals surface area contributed by atoms with Crippen LogP contribution >= 0.6 is 47.2 Å². The minimum Gasteiger partial charge on any atom is -0.489 e. The molecule has 3 aromatic rings. The van der Waals surface area contributed by atoms with Crippen LogP contribution in [0.3, 0.4) is 0 Å². The van der Waals surface area contributed by atoms with Crippen molar-refractivity contribution < 1.29 is 13.9 Å². The normalized spacial score (nSPS) is 15.1. The number of amides is 1. The van der Waals surface area contributed by atoms with E-state index in [0.29, 0.717) is 36.3 Å². The molecular formula is C23H14Cl2FNO2S2. The third-order valence-electron chi connectivity index (χ3n) is 4.48. The molecule has 1 heterocycles. The Morgan fingerprint density at radius 3 is 2.55 bits per heavy atom. The van der Waals surface area contributed by atoms with E-state index in [2.05, 4.69) is 0 Å². The lowest BCUT2D eigenvalue weighted by Crippen LogP contribution is -2.27. The standard InChI is InChI=1S/C23H14Cl2FNO2S2/c24-15-7-9-16(10-8-15)27-22(28)21(31-23(27)30)12-14-3-1-4-17(11-14)29-13-18-19(25)5-2-6-20(18)26/h1-12H,13H2/b21-12+. The van der Waals surface area contributed by atoms with Crippen molar-refractivity contribution in [3.05, 3.63) is 98.6 Å². The summed E-state index contributed by atoms with van der Waals surface area (Å²) in [5, 5.41) is 0.889. The number of benzene rings is 3. The van der Waals surface area contributed by atoms with Crippen LogP contribution in [0.4, 0.5) is 10.1 Å². The number of halogens is 3. The van der Waals surface area contributed by atoms with Crippen LogP contribution in [0.2, 0.25) is 10.0 Å². The van der Waals surface area contributed by atoms with Gasteiger partial charge in [0.15, 0.2) is 4.32 Å². The number of carbonyl (C=O) groups excluding carboxylic acids is 1. The summed E-state index contributed by atoms with van der Waals surface area (Å²) in [4.78, 5) is 14.9. The average Bonchev–Trinajstić information content (AvgIpc) is 3.02. The van der Waals surface area contributed by atoms with Gasteiger partial charge in [-0.3, -0.25) is 9.69 Å². The summed E-state index contributed by atoms with van der Waals surface area (Å²) in [5.41, 5.74) is 1.71. The van der Waals surface area contributed by atoms with Crippen LogP contribution in [0, 0.1) is 5.82 Å². The Balaban J connectivity index is 1.52. The highest BCUT2D eigenvalue weighted by atomic mass is 35.5. The minimum atomic E-state index is -0.422. The molecule has 1 aliphatic rings. The van der Waals surface area contributed by atoms with Gasteiger partial charge < -0.3 is 4.74 Å². The van der Waals surface area contributed by atoms with Crippen molar-refractivity contribution in [2.24, 2.45) is 0 Å². The highest BCUT2D eigenvalue weighted by Crippen LogP contribution is 2.36. The Labute approximate surface area is 198 Å². The first-order valence-corrected chi connectivity index (χ1v) is 11.1. The average molecular weight is 490 g/mol. The highest BCUT2D eigenvalue weighted by Gasteiger charge is 2.33. The molecule has 1 aliphatic heterocycles. The van der Waals surface area contributed by atoms with E-state index in [1.807, 2.05) is 6.07 Å². The Kier molecular flexibility index (Phi) is 6.62. The van der Waals surface area contributed by atoms with Crippen LogP contribution in [0.1, 0.15) is 11.1 Å². The van der Waals surface area contributed by atoms with E-state index in [1.54, 1.807) is 60.7 Å². The zero-order valence-electron chi connectivity index (χ0n) is 15.8. The summed E-state index contributed by atoms with van der Waals surface area (Å²) in [6.45, 7) is -0.00631. The molecule has 0 atom stereocenters. The fourth-order valence-electron chi connectivity index (χ4n) is 2.95. The van der Waals surface area contributed by atoms with E-state index in [-0.39, 0.29) is 12.5 Å². The van der Waals surface area contributed by atoms with Gasteiger partial charge in [0.25, 0.3) is 5.91 Å². The number of nitrogens with zero attached hydrogens (tertiary/aromatic N) is 1. The number of hydrogen-bond acceptors (Lipinski definition) is 4. The van der Waals surface area contributed by atoms with Crippen LogP contribution in [-0.2, 0) is 11.4 Å². The number of rotatable bonds is 5. The number of anilines is 1. The molecule has 0 bridgehead atoms. The van der Waals surface area contributed by atoms with Crippen molar-refractivity contribution >= 4 is 69.2 Å². The molecule has 31 heavy (non-hydrogen) atoms. The second-order valence-electron chi connectivity index (χ2n) is 6.55. The molecule has 156 valence electrons. The third kappa shape index (κ3) is 4.93. The Morgan fingerprint density at radius 1 is 1.06 bits per heavy atom. The molecule has 0 aromatic heterocycles. The SMILES string of the molecule is O=C1/C(=C\c2cccc(OCc3c(F)cccc3Cl)c2)SC(=S)N1c1ccc(Cl)cc1. The molecule has 4 rings (SSSR count). The largest absolute Gasteiger partial charge is 0.489 e. The summed E-state index contributed by atoms with van der Waals surface area (Å²) in [7, 11) is 0. The third-order valence-corrected chi connectivity index (χ3v) is 6.39. The quantitative estimate of drug-likeness (QED) is 0.282. The van der Waals surface area contributed by atoms with Crippen LogP contribution in [-0.4, -0.2) is 10.2 Å². The second kappa shape index (κ2) is 9.40. The van der Waals surface area contributed by atoms with Gasteiger partial charge in [-0.15, -0.1) is 0 Å². The molecule has 1 saturated heterocycles. The van der Waals surface area contributed by atoms with Gasteiger partial charge in [0, 0.05) is 10.6 Å². The van der Waals surface area contributed by atoms with Gasteiger partial charge in [-0.05, 0) is 60.2 Å². The Morgan fingerprint density at radius 2 is 1.81 bits per heavy atom. The molecule has 3 nitrogen and oxygen atoms in total. The van der Waals surface area contributed by atoms with E-state index in [4.69, 9.17) is 40.2 Å². The lowest BCUT2D eigenvalue weighted by atomic mass is 10.2. The maximum atomic E-state index is 13.9. The summed E-state index contributed by atoms with van der Waals surface area (Å²) in [6.07, 6.45) is 1.75. The Hall–Kier alpha value is -2.38. The molecule has 0 radical (unpaired) electrons. The van der Waals surface area contributed by atoms with Crippen molar-refractivity contribution in [3.8, 4) is 5.75 Å². The summed E-state index contributed by atoms with van der Waals surface area (Å²) in [5.74, 6) is -0.0995.